The van der Waals surface area contributed by atoms with Crippen molar-refractivity contribution in [3.05, 3.63) is 12.5 Å². The summed E-state index contributed by atoms with van der Waals surface area (Å²) in [6.45, 7) is 0. The minimum atomic E-state index is -4.58. The van der Waals surface area contributed by atoms with Gasteiger partial charge in [-0.1, -0.05) is 11.8 Å². The van der Waals surface area contributed by atoms with Gasteiger partial charge >= 0.3 is 6.18 Å². The smallest absolute Gasteiger partial charge is 0.415 e. The molecule has 0 amide bonds. The number of oxazole rings is 1. The molecule has 1 N–H and O–H groups in total. The van der Waals surface area contributed by atoms with Crippen LogP contribution >= 0.6 is 11.8 Å². The summed E-state index contributed by atoms with van der Waals surface area (Å²) >= 11 is 0.714. The molecule has 1 atom stereocenters. The summed E-state index contributed by atoms with van der Waals surface area (Å²) in [6.07, 6.45) is -4.35. The molecule has 1 aromatic heterocycles. The maximum atomic E-state index is 11.8. The number of alkyl halides is 3. The van der Waals surface area contributed by atoms with Gasteiger partial charge in [-0.25, -0.2) is 4.98 Å². The van der Waals surface area contributed by atoms with Crippen LogP contribution in [0.3, 0.4) is 0 Å². The third-order valence-corrected chi connectivity index (χ3v) is 2.08. The molecule has 7 heteroatoms. The molecule has 1 heterocycles. The van der Waals surface area contributed by atoms with Crippen molar-refractivity contribution < 1.29 is 22.7 Å². The zero-order chi connectivity index (χ0) is 9.90. The Morgan fingerprint density at radius 3 is 2.77 bits per heavy atom. The van der Waals surface area contributed by atoms with Crippen molar-refractivity contribution in [3.63, 3.8) is 0 Å². The summed E-state index contributed by atoms with van der Waals surface area (Å²) < 4.78 is 40.0. The minimum absolute atomic E-state index is 0.114. The van der Waals surface area contributed by atoms with Crippen LogP contribution in [-0.2, 0) is 0 Å². The molecular weight excluding hydrogens is 207 g/mol. The molecule has 0 aliphatic carbocycles. The lowest BCUT2D eigenvalue weighted by atomic mass is 10.4. The van der Waals surface area contributed by atoms with Crippen molar-refractivity contribution in [1.82, 2.24) is 4.98 Å². The molecule has 0 saturated carbocycles. The number of aliphatic hydroxyl groups excluding tert-OH is 1. The Balaban J connectivity index is 2.35. The molecule has 0 radical (unpaired) electrons. The normalized spacial score (nSPS) is 14.5. The fraction of sp³-hybridized carbons (Fsp3) is 0.500. The monoisotopic (exact) mass is 213 g/mol. The number of aliphatic hydroxyl groups is 1. The van der Waals surface area contributed by atoms with Gasteiger partial charge < -0.3 is 9.52 Å². The van der Waals surface area contributed by atoms with Gasteiger partial charge in [0.15, 0.2) is 6.10 Å². The average Bonchev–Trinajstić information content (AvgIpc) is 2.50. The van der Waals surface area contributed by atoms with Gasteiger partial charge in [-0.05, 0) is 0 Å². The highest BCUT2D eigenvalue weighted by molar-refractivity contribution is 7.99. The van der Waals surface area contributed by atoms with Crippen molar-refractivity contribution in [1.29, 1.82) is 0 Å². The molecule has 0 aliphatic rings. The topological polar surface area (TPSA) is 46.3 Å². The van der Waals surface area contributed by atoms with Crippen molar-refractivity contribution in [3.8, 4) is 0 Å². The second-order valence-electron chi connectivity index (χ2n) is 2.17. The van der Waals surface area contributed by atoms with E-state index in [1.165, 1.54) is 12.5 Å². The maximum Gasteiger partial charge on any atom is 0.415 e. The van der Waals surface area contributed by atoms with Gasteiger partial charge in [0.1, 0.15) is 6.26 Å². The van der Waals surface area contributed by atoms with Crippen LogP contribution in [0.25, 0.3) is 0 Å². The lowest BCUT2D eigenvalue weighted by molar-refractivity contribution is -0.195. The molecule has 0 aromatic carbocycles. The second kappa shape index (κ2) is 4.01. The van der Waals surface area contributed by atoms with E-state index in [-0.39, 0.29) is 5.22 Å². The van der Waals surface area contributed by atoms with Gasteiger partial charge in [-0.3, -0.25) is 0 Å². The summed E-state index contributed by atoms with van der Waals surface area (Å²) in [5, 5.41) is 8.68. The quantitative estimate of drug-likeness (QED) is 0.776. The van der Waals surface area contributed by atoms with Gasteiger partial charge in [0, 0.05) is 5.75 Å². The van der Waals surface area contributed by atoms with Gasteiger partial charge in [-0.2, -0.15) is 13.2 Å². The van der Waals surface area contributed by atoms with E-state index >= 15 is 0 Å². The van der Waals surface area contributed by atoms with Crippen molar-refractivity contribution in [2.24, 2.45) is 0 Å². The summed E-state index contributed by atoms with van der Waals surface area (Å²) in [5.41, 5.74) is 0. The third kappa shape index (κ3) is 3.27. The first kappa shape index (κ1) is 10.4. The van der Waals surface area contributed by atoms with E-state index in [0.29, 0.717) is 11.8 Å². The van der Waals surface area contributed by atoms with Gasteiger partial charge in [0.2, 0.25) is 0 Å². The Kier molecular flexibility index (Phi) is 3.21. The van der Waals surface area contributed by atoms with Gasteiger partial charge in [0.25, 0.3) is 5.22 Å². The predicted octanol–water partition coefficient (Wildman–Crippen LogP) is 1.69. The van der Waals surface area contributed by atoms with Crippen LogP contribution in [0.5, 0.6) is 0 Å². The van der Waals surface area contributed by atoms with E-state index in [4.69, 9.17) is 5.11 Å². The van der Waals surface area contributed by atoms with Crippen LogP contribution in [0.2, 0.25) is 0 Å². The first-order valence-electron chi connectivity index (χ1n) is 3.27. The Hall–Kier alpha value is -0.690. The van der Waals surface area contributed by atoms with Crippen molar-refractivity contribution in [2.75, 3.05) is 5.75 Å². The highest BCUT2D eigenvalue weighted by Gasteiger charge is 2.38. The summed E-state index contributed by atoms with van der Waals surface area (Å²) in [7, 11) is 0. The highest BCUT2D eigenvalue weighted by atomic mass is 32.2. The average molecular weight is 213 g/mol. The molecule has 1 unspecified atom stereocenters. The molecule has 0 fully saturated rings. The fourth-order valence-corrected chi connectivity index (χ4v) is 1.27. The zero-order valence-corrected chi connectivity index (χ0v) is 7.10. The molecule has 74 valence electrons. The van der Waals surface area contributed by atoms with Crippen molar-refractivity contribution >= 4 is 11.8 Å². The predicted molar refractivity (Wildman–Crippen MR) is 39.3 cm³/mol. The first-order valence-corrected chi connectivity index (χ1v) is 4.26. The minimum Gasteiger partial charge on any atom is -0.440 e. The zero-order valence-electron chi connectivity index (χ0n) is 6.28. The third-order valence-electron chi connectivity index (χ3n) is 1.15. The number of halogens is 3. The molecule has 0 bridgehead atoms. The molecule has 1 aromatic rings. The Morgan fingerprint density at radius 1 is 1.62 bits per heavy atom. The molecule has 1 rings (SSSR count). The number of nitrogens with zero attached hydrogens (tertiary/aromatic N) is 1. The van der Waals surface area contributed by atoms with Crippen LogP contribution in [0, 0.1) is 0 Å². The Bertz CT molecular complexity index is 249. The van der Waals surface area contributed by atoms with E-state index in [0.717, 1.165) is 0 Å². The number of hydrogen-bond donors (Lipinski definition) is 1. The highest BCUT2D eigenvalue weighted by Crippen LogP contribution is 2.25. The number of thioether (sulfide) groups is 1. The first-order chi connectivity index (χ1) is 6.00. The van der Waals surface area contributed by atoms with Crippen LogP contribution < -0.4 is 0 Å². The number of rotatable bonds is 3. The summed E-state index contributed by atoms with van der Waals surface area (Å²) in [5.74, 6) is -0.510. The fourth-order valence-electron chi connectivity index (χ4n) is 0.526. The lowest BCUT2D eigenvalue weighted by Crippen LogP contribution is -2.30. The van der Waals surface area contributed by atoms with Gasteiger partial charge in [0.05, 0.1) is 6.20 Å². The van der Waals surface area contributed by atoms with E-state index in [1.54, 1.807) is 0 Å². The molecule has 0 aliphatic heterocycles. The van der Waals surface area contributed by atoms with E-state index < -0.39 is 18.0 Å². The largest absolute Gasteiger partial charge is 0.440 e. The second-order valence-corrected chi connectivity index (χ2v) is 3.14. The van der Waals surface area contributed by atoms with Crippen LogP contribution in [0.1, 0.15) is 0 Å². The van der Waals surface area contributed by atoms with E-state index in [9.17, 15) is 13.2 Å². The van der Waals surface area contributed by atoms with E-state index in [2.05, 4.69) is 9.40 Å². The lowest BCUT2D eigenvalue weighted by Gasteiger charge is -2.12. The van der Waals surface area contributed by atoms with Gasteiger partial charge in [-0.15, -0.1) is 0 Å². The standard InChI is InChI=1S/C6H6F3NO2S/c7-6(8,9)4(11)3-13-5-10-1-2-12-5/h1-2,4,11H,3H2. The Morgan fingerprint density at radius 2 is 2.31 bits per heavy atom. The van der Waals surface area contributed by atoms with Crippen LogP contribution in [-0.4, -0.2) is 28.1 Å². The number of hydrogen-bond acceptors (Lipinski definition) is 4. The molecular formula is C6H6F3NO2S. The molecule has 0 saturated heterocycles. The molecule has 0 spiro atoms. The Labute approximate surface area is 76.0 Å². The SMILES string of the molecule is OC(CSc1ncco1)C(F)(F)F. The molecule has 3 nitrogen and oxygen atoms in total. The van der Waals surface area contributed by atoms with Crippen LogP contribution in [0.15, 0.2) is 22.1 Å². The van der Waals surface area contributed by atoms with Crippen LogP contribution in [0.4, 0.5) is 13.2 Å². The van der Waals surface area contributed by atoms with E-state index in [1.807, 2.05) is 0 Å². The summed E-state index contributed by atoms with van der Waals surface area (Å²) in [4.78, 5) is 3.59. The summed E-state index contributed by atoms with van der Waals surface area (Å²) in [6, 6.07) is 0. The maximum absolute atomic E-state index is 11.8. The number of aromatic nitrogens is 1. The molecule has 13 heavy (non-hydrogen) atoms. The van der Waals surface area contributed by atoms with Crippen molar-refractivity contribution in [2.45, 2.75) is 17.5 Å².